The molecule has 2 amide bonds. The number of benzene rings is 3. The number of fused-ring (bicyclic) bond motifs is 9. The van der Waals surface area contributed by atoms with Crippen LogP contribution < -0.4 is 24.8 Å². The van der Waals surface area contributed by atoms with Crippen molar-refractivity contribution in [1.82, 2.24) is 10.6 Å². The Balaban J connectivity index is 0.000000178. The molecule has 0 heterocycles. The van der Waals surface area contributed by atoms with E-state index in [1.807, 2.05) is 134 Å². The van der Waals surface area contributed by atoms with Gasteiger partial charge in [-0.15, -0.1) is 0 Å². The van der Waals surface area contributed by atoms with E-state index in [2.05, 4.69) is 17.6 Å². The largest absolute Gasteiger partial charge is 0.497 e. The molecule has 3 aromatic rings. The highest BCUT2D eigenvalue weighted by molar-refractivity contribution is 5.92. The first-order valence-corrected chi connectivity index (χ1v) is 34.2. The van der Waals surface area contributed by atoms with Gasteiger partial charge in [0.25, 0.3) is 0 Å². The molecule has 7 fully saturated rings. The number of ether oxygens (including phenoxy) is 7. The molecule has 0 aromatic heterocycles. The highest BCUT2D eigenvalue weighted by Crippen LogP contribution is 2.62. The van der Waals surface area contributed by atoms with Crippen LogP contribution in [0.25, 0.3) is 18.2 Å². The maximum Gasteiger partial charge on any atom is 0.330 e. The fourth-order valence-electron chi connectivity index (χ4n) is 15.4. The number of methoxy groups -OCH3 is 3. The monoisotopic (exact) mass is 1270 g/mol. The molecule has 7 aliphatic rings. The van der Waals surface area contributed by atoms with E-state index in [9.17, 15) is 28.8 Å². The van der Waals surface area contributed by atoms with E-state index in [4.69, 9.17) is 33.2 Å². The number of carbonyl (C=O) groups is 6. The van der Waals surface area contributed by atoms with Crippen LogP contribution in [-0.4, -0.2) is 96.0 Å². The van der Waals surface area contributed by atoms with Gasteiger partial charge in [0, 0.05) is 36.2 Å². The van der Waals surface area contributed by atoms with Gasteiger partial charge in [0.1, 0.15) is 17.2 Å². The van der Waals surface area contributed by atoms with Crippen LogP contribution in [0.4, 0.5) is 0 Å². The predicted octanol–water partition coefficient (Wildman–Crippen LogP) is 14.2. The average molecular weight is 1270 g/mol. The molecule has 3 aromatic carbocycles. The van der Waals surface area contributed by atoms with Crippen molar-refractivity contribution in [2.24, 2.45) is 93.2 Å². The molecule has 15 heteroatoms. The zero-order valence-corrected chi connectivity index (χ0v) is 57.0. The van der Waals surface area contributed by atoms with Crippen molar-refractivity contribution < 1.29 is 61.9 Å². The number of rotatable bonds is 26. The molecule has 92 heavy (non-hydrogen) atoms. The maximum atomic E-state index is 12.5. The summed E-state index contributed by atoms with van der Waals surface area (Å²) in [4.78, 5) is 73.5. The fraction of sp³-hybridized carbons (Fsp3) is 0.610. The number of carbonyl (C=O) groups excluding carboxylic acids is 6. The Morgan fingerprint density at radius 1 is 0.424 bits per heavy atom. The summed E-state index contributed by atoms with van der Waals surface area (Å²) in [6, 6.07) is 23.0. The van der Waals surface area contributed by atoms with E-state index < -0.39 is 10.8 Å². The lowest BCUT2D eigenvalue weighted by atomic mass is 9.76. The molecular formula is C77H106N2O13. The Labute approximate surface area is 548 Å². The molecule has 14 atom stereocenters. The summed E-state index contributed by atoms with van der Waals surface area (Å²) in [7, 11) is 4.89. The van der Waals surface area contributed by atoms with Crippen molar-refractivity contribution in [3.05, 3.63) is 108 Å². The molecule has 0 radical (unpaired) electrons. The molecule has 2 N–H and O–H groups in total. The summed E-state index contributed by atoms with van der Waals surface area (Å²) in [6.45, 7) is 20.7. The van der Waals surface area contributed by atoms with Crippen molar-refractivity contribution in [2.45, 2.75) is 152 Å². The second kappa shape index (κ2) is 32.3. The second-order valence-electron chi connectivity index (χ2n) is 29.4. The van der Waals surface area contributed by atoms with E-state index in [0.29, 0.717) is 104 Å². The molecule has 0 spiro atoms. The van der Waals surface area contributed by atoms with Gasteiger partial charge in [-0.25, -0.2) is 9.59 Å². The summed E-state index contributed by atoms with van der Waals surface area (Å²) in [5.74, 6) is 9.24. The third-order valence-electron chi connectivity index (χ3n) is 22.4. The highest BCUT2D eigenvalue weighted by Gasteiger charge is 2.56. The fourth-order valence-corrected chi connectivity index (χ4v) is 15.4. The first-order valence-electron chi connectivity index (χ1n) is 34.2. The van der Waals surface area contributed by atoms with Crippen LogP contribution in [0.2, 0.25) is 0 Å². The maximum absolute atomic E-state index is 12.5. The predicted molar refractivity (Wildman–Crippen MR) is 359 cm³/mol. The molecule has 0 aliphatic heterocycles. The van der Waals surface area contributed by atoms with Gasteiger partial charge in [0.2, 0.25) is 11.8 Å². The quantitative estimate of drug-likeness (QED) is 0.0439. The Morgan fingerprint density at radius 2 is 0.837 bits per heavy atom. The minimum Gasteiger partial charge on any atom is -0.497 e. The summed E-state index contributed by atoms with van der Waals surface area (Å²) in [5, 5.41) is 6.34. The van der Waals surface area contributed by atoms with E-state index in [1.165, 1.54) is 31.4 Å². The van der Waals surface area contributed by atoms with Gasteiger partial charge in [0.15, 0.2) is 0 Å². The number of nitrogens with one attached hydrogen (secondary N) is 2. The molecule has 502 valence electrons. The number of hydrogen-bond acceptors (Lipinski definition) is 13. The van der Waals surface area contributed by atoms with Crippen LogP contribution in [0.15, 0.2) is 91.0 Å². The van der Waals surface area contributed by atoms with E-state index in [1.54, 1.807) is 39.6 Å². The van der Waals surface area contributed by atoms with Gasteiger partial charge in [-0.2, -0.15) is 0 Å². The van der Waals surface area contributed by atoms with E-state index >= 15 is 0 Å². The Morgan fingerprint density at radius 3 is 1.29 bits per heavy atom. The van der Waals surface area contributed by atoms with Crippen molar-refractivity contribution in [3.63, 3.8) is 0 Å². The number of esters is 4. The van der Waals surface area contributed by atoms with Crippen LogP contribution in [0.5, 0.6) is 17.2 Å². The van der Waals surface area contributed by atoms with Crippen molar-refractivity contribution >= 4 is 53.9 Å². The minimum absolute atomic E-state index is 0.0573. The normalized spacial score (nSPS) is 27.4. The van der Waals surface area contributed by atoms with Crippen molar-refractivity contribution in [3.8, 4) is 17.2 Å². The van der Waals surface area contributed by atoms with Crippen LogP contribution in [-0.2, 0) is 47.7 Å². The first-order chi connectivity index (χ1) is 43.9. The summed E-state index contributed by atoms with van der Waals surface area (Å²) < 4.78 is 37.9. The number of hydrogen-bond donors (Lipinski definition) is 2. The lowest BCUT2D eigenvalue weighted by molar-refractivity contribution is -0.157. The first kappa shape index (κ1) is 71.0. The second-order valence-corrected chi connectivity index (χ2v) is 29.4. The Bertz CT molecular complexity index is 3040. The average Bonchev–Trinajstić information content (AvgIpc) is 1.60. The molecule has 7 saturated carbocycles. The van der Waals surface area contributed by atoms with Crippen LogP contribution in [0.3, 0.4) is 0 Å². The third-order valence-corrected chi connectivity index (χ3v) is 22.4. The summed E-state index contributed by atoms with van der Waals surface area (Å²) >= 11 is 0. The standard InChI is InChI=1S/C28H38O5.C25H34O5.C24H34N2O3/c1-5-28(2,3)27(30)33-17-21-14-20-15-24(21)25-13-19(12-23(20)25)16-32-26(29)11-8-18-6-9-22(31-4)10-7-18;1-5-25(2,3)24(27)30-16-21-14-18-12-19(21)13-20(18)15-29-23(26)11-8-17-6-9-22(28-4)10-7-17;1-5-24(2,3)23(28)26-21-14-17-12-18(21)13-19(17)15-25-22(27)11-8-16-6-9-20(29-4)10-7-16/h6-11,19-21,23-25H,5,12-17H2,1-4H3;6-11,18-21H,5,12-16H2,1-4H3;6-11,17-19,21H,5,12-15H2,1-4H3,(H,25,27)(H,26,28)/b3*11-8+. The molecule has 0 saturated heterocycles. The molecule has 15 nitrogen and oxygen atoms in total. The lowest BCUT2D eigenvalue weighted by Crippen LogP contribution is -2.46. The smallest absolute Gasteiger partial charge is 0.330 e. The lowest BCUT2D eigenvalue weighted by Gasteiger charge is -2.32. The zero-order valence-electron chi connectivity index (χ0n) is 57.0. The number of amides is 2. The van der Waals surface area contributed by atoms with E-state index in [-0.39, 0.29) is 41.1 Å². The van der Waals surface area contributed by atoms with Crippen LogP contribution in [0.1, 0.15) is 162 Å². The Hall–Kier alpha value is -6.90. The van der Waals surface area contributed by atoms with Gasteiger partial charge in [-0.3, -0.25) is 19.2 Å². The van der Waals surface area contributed by atoms with E-state index in [0.717, 1.165) is 110 Å². The van der Waals surface area contributed by atoms with Crippen molar-refractivity contribution in [1.29, 1.82) is 0 Å². The zero-order chi connectivity index (χ0) is 66.3. The summed E-state index contributed by atoms with van der Waals surface area (Å²) in [5.41, 5.74) is 1.73. The van der Waals surface area contributed by atoms with Crippen molar-refractivity contribution in [2.75, 3.05) is 54.3 Å². The molecule has 14 unspecified atom stereocenters. The minimum atomic E-state index is -0.409. The van der Waals surface area contributed by atoms with Gasteiger partial charge in [-0.05, 0) is 259 Å². The highest BCUT2D eigenvalue weighted by atomic mass is 16.5. The third kappa shape index (κ3) is 18.9. The van der Waals surface area contributed by atoms with Gasteiger partial charge in [-0.1, -0.05) is 71.0 Å². The van der Waals surface area contributed by atoms with Gasteiger partial charge < -0.3 is 43.8 Å². The molecule has 7 aliphatic carbocycles. The van der Waals surface area contributed by atoms with Gasteiger partial charge >= 0.3 is 23.9 Å². The SMILES string of the molecule is CCC(C)(C)C(=O)NC1CC2CC1CC2CNC(=O)/C=C/c1ccc(OC)cc1.CCC(C)(C)C(=O)OCC1CC2CC1C1CC(COC(=O)/C=C/c3ccc(OC)cc3)CC21.CCC(C)(C)C(=O)OCC1CC2CC1CC2COC(=O)/C=C/c1ccc(OC)cc1. The van der Waals surface area contributed by atoms with Gasteiger partial charge in [0.05, 0.1) is 58.6 Å². The molecular weight excluding hydrogens is 1160 g/mol. The molecule has 6 bridgehead atoms. The Kier molecular flexibility index (Phi) is 24.9. The molecule has 10 rings (SSSR count). The topological polar surface area (TPSA) is 191 Å². The summed E-state index contributed by atoms with van der Waals surface area (Å²) in [6.07, 6.45) is 23.7. The van der Waals surface area contributed by atoms with Crippen LogP contribution in [0, 0.1) is 93.2 Å². The van der Waals surface area contributed by atoms with Crippen LogP contribution >= 0.6 is 0 Å².